The van der Waals surface area contributed by atoms with Crippen molar-refractivity contribution in [1.82, 2.24) is 0 Å². The average Bonchev–Trinajstić information content (AvgIpc) is 2.35. The summed E-state index contributed by atoms with van der Waals surface area (Å²) in [5.41, 5.74) is -1.77. The highest BCUT2D eigenvalue weighted by Gasteiger charge is 2.29. The molecule has 0 bridgehead atoms. The molecular weight excluding hydrogens is 258 g/mol. The molecule has 0 aliphatic rings. The van der Waals surface area contributed by atoms with E-state index < -0.39 is 33.5 Å². The molecule has 0 aromatic heterocycles. The molecule has 1 rings (SSSR count). The maximum Gasteiger partial charge on any atom is 0.295 e. The van der Waals surface area contributed by atoms with Gasteiger partial charge in [0, 0.05) is 18.2 Å². The number of nitro groups is 1. The monoisotopic (exact) mass is 274 g/mol. The number of benzene rings is 1. The summed E-state index contributed by atoms with van der Waals surface area (Å²) in [6.45, 7) is 3.30. The van der Waals surface area contributed by atoms with Gasteiger partial charge in [0.2, 0.25) is 0 Å². The van der Waals surface area contributed by atoms with Crippen molar-refractivity contribution in [2.75, 3.05) is 11.9 Å². The molecule has 0 saturated carbocycles. The van der Waals surface area contributed by atoms with E-state index >= 15 is 0 Å². The topological polar surface area (TPSA) is 75.4 Å². The van der Waals surface area contributed by atoms with Crippen molar-refractivity contribution in [3.8, 4) is 0 Å². The van der Waals surface area contributed by atoms with E-state index in [1.165, 1.54) is 0 Å². The second-order valence-corrected chi connectivity index (χ2v) is 4.53. The Kier molecular flexibility index (Phi) is 4.77. The fraction of sp³-hybridized carbons (Fsp3) is 0.500. The van der Waals surface area contributed by atoms with Crippen molar-refractivity contribution >= 4 is 11.4 Å². The first-order valence-electron chi connectivity index (χ1n) is 5.86. The van der Waals surface area contributed by atoms with Gasteiger partial charge >= 0.3 is 0 Å². The third-order valence-corrected chi connectivity index (χ3v) is 3.14. The van der Waals surface area contributed by atoms with Crippen molar-refractivity contribution in [2.45, 2.75) is 32.2 Å². The summed E-state index contributed by atoms with van der Waals surface area (Å²) in [6.07, 6.45) is 0.747. The second-order valence-electron chi connectivity index (χ2n) is 4.53. The minimum atomic E-state index is -1.29. The Morgan fingerprint density at radius 3 is 2.58 bits per heavy atom. The number of nitrogens with one attached hydrogen (secondary N) is 1. The zero-order valence-corrected chi connectivity index (χ0v) is 10.7. The predicted molar refractivity (Wildman–Crippen MR) is 67.0 cm³/mol. The summed E-state index contributed by atoms with van der Waals surface area (Å²) in [6, 6.07) is 1.63. The number of rotatable bonds is 6. The Morgan fingerprint density at radius 2 is 2.11 bits per heavy atom. The SMILES string of the molecule is CCC(C)(CCO)Nc1c([N+](=O)[O-])ccc(F)c1F. The number of hydrogen-bond donors (Lipinski definition) is 2. The zero-order chi connectivity index (χ0) is 14.6. The maximum atomic E-state index is 13.7. The lowest BCUT2D eigenvalue weighted by atomic mass is 9.94. The van der Waals surface area contributed by atoms with Gasteiger partial charge in [-0.1, -0.05) is 6.92 Å². The average molecular weight is 274 g/mol. The highest BCUT2D eigenvalue weighted by Crippen LogP contribution is 2.33. The molecule has 1 aromatic rings. The van der Waals surface area contributed by atoms with E-state index in [2.05, 4.69) is 5.32 Å². The number of halogens is 2. The van der Waals surface area contributed by atoms with E-state index in [0.717, 1.165) is 6.07 Å². The van der Waals surface area contributed by atoms with Crippen molar-refractivity contribution in [3.05, 3.63) is 33.9 Å². The van der Waals surface area contributed by atoms with Crippen LogP contribution in [-0.2, 0) is 0 Å². The zero-order valence-electron chi connectivity index (χ0n) is 10.7. The van der Waals surface area contributed by atoms with E-state index in [-0.39, 0.29) is 13.0 Å². The standard InChI is InChI=1S/C12H16F2N2O3/c1-3-12(2,6-7-17)15-11-9(16(18)19)5-4-8(13)10(11)14/h4-5,15,17H,3,6-7H2,1-2H3. The van der Waals surface area contributed by atoms with Crippen LogP contribution in [0.2, 0.25) is 0 Å². The number of anilines is 1. The number of nitro benzene ring substituents is 1. The lowest BCUT2D eigenvalue weighted by Gasteiger charge is -2.30. The molecule has 0 amide bonds. The van der Waals surface area contributed by atoms with Gasteiger partial charge in [-0.2, -0.15) is 0 Å². The van der Waals surface area contributed by atoms with Crippen LogP contribution in [0.4, 0.5) is 20.2 Å². The lowest BCUT2D eigenvalue weighted by molar-refractivity contribution is -0.384. The van der Waals surface area contributed by atoms with Crippen LogP contribution in [0.3, 0.4) is 0 Å². The first kappa shape index (κ1) is 15.3. The van der Waals surface area contributed by atoms with Crippen LogP contribution in [0, 0.1) is 21.7 Å². The predicted octanol–water partition coefficient (Wildman–Crippen LogP) is 2.84. The molecule has 0 fully saturated rings. The Labute approximate surface area is 109 Å². The van der Waals surface area contributed by atoms with E-state index in [1.54, 1.807) is 13.8 Å². The van der Waals surface area contributed by atoms with Gasteiger partial charge in [0.1, 0.15) is 0 Å². The van der Waals surface area contributed by atoms with Crippen LogP contribution in [0.25, 0.3) is 0 Å². The molecule has 0 spiro atoms. The molecule has 7 heteroatoms. The van der Waals surface area contributed by atoms with Crippen LogP contribution in [0.15, 0.2) is 12.1 Å². The smallest absolute Gasteiger partial charge is 0.295 e. The highest BCUT2D eigenvalue weighted by atomic mass is 19.2. The first-order chi connectivity index (χ1) is 8.84. The van der Waals surface area contributed by atoms with Crippen molar-refractivity contribution in [2.24, 2.45) is 0 Å². The summed E-state index contributed by atoms with van der Waals surface area (Å²) in [5, 5.41) is 22.5. The second kappa shape index (κ2) is 5.92. The number of nitrogens with zero attached hydrogens (tertiary/aromatic N) is 1. The molecule has 5 nitrogen and oxygen atoms in total. The first-order valence-corrected chi connectivity index (χ1v) is 5.86. The number of hydrogen-bond acceptors (Lipinski definition) is 4. The Balaban J connectivity index is 3.25. The Morgan fingerprint density at radius 1 is 1.47 bits per heavy atom. The van der Waals surface area contributed by atoms with E-state index in [0.29, 0.717) is 12.5 Å². The molecule has 19 heavy (non-hydrogen) atoms. The maximum absolute atomic E-state index is 13.7. The van der Waals surface area contributed by atoms with Gasteiger partial charge in [0.25, 0.3) is 5.69 Å². The Hall–Kier alpha value is -1.76. The van der Waals surface area contributed by atoms with Crippen LogP contribution in [-0.4, -0.2) is 22.2 Å². The summed E-state index contributed by atoms with van der Waals surface area (Å²) in [4.78, 5) is 10.1. The third kappa shape index (κ3) is 3.37. The van der Waals surface area contributed by atoms with E-state index in [4.69, 9.17) is 5.11 Å². The molecule has 0 saturated heterocycles. The van der Waals surface area contributed by atoms with Crippen LogP contribution >= 0.6 is 0 Å². The van der Waals surface area contributed by atoms with Crippen molar-refractivity contribution in [3.63, 3.8) is 0 Å². The molecule has 0 aliphatic carbocycles. The van der Waals surface area contributed by atoms with Gasteiger partial charge in [-0.3, -0.25) is 10.1 Å². The number of aliphatic hydroxyl groups excluding tert-OH is 1. The van der Waals surface area contributed by atoms with Gasteiger partial charge < -0.3 is 10.4 Å². The summed E-state index contributed by atoms with van der Waals surface area (Å²) >= 11 is 0. The lowest BCUT2D eigenvalue weighted by Crippen LogP contribution is -2.35. The van der Waals surface area contributed by atoms with Crippen LogP contribution in [0.1, 0.15) is 26.7 Å². The van der Waals surface area contributed by atoms with Crippen molar-refractivity contribution < 1.29 is 18.8 Å². The summed E-state index contributed by atoms with van der Waals surface area (Å²) in [7, 11) is 0. The van der Waals surface area contributed by atoms with Gasteiger partial charge in [-0.05, 0) is 25.8 Å². The van der Waals surface area contributed by atoms with Crippen LogP contribution < -0.4 is 5.32 Å². The molecule has 0 heterocycles. The minimum absolute atomic E-state index is 0.165. The van der Waals surface area contributed by atoms with Gasteiger partial charge in [-0.15, -0.1) is 0 Å². The largest absolute Gasteiger partial charge is 0.396 e. The molecule has 1 unspecified atom stereocenters. The molecule has 0 radical (unpaired) electrons. The summed E-state index contributed by atoms with van der Waals surface area (Å²) in [5.74, 6) is -2.44. The molecule has 2 N–H and O–H groups in total. The molecular formula is C12H16F2N2O3. The normalized spacial score (nSPS) is 13.9. The molecule has 0 aliphatic heterocycles. The third-order valence-electron chi connectivity index (χ3n) is 3.14. The molecule has 106 valence electrons. The van der Waals surface area contributed by atoms with E-state index in [9.17, 15) is 18.9 Å². The van der Waals surface area contributed by atoms with Crippen molar-refractivity contribution in [1.29, 1.82) is 0 Å². The van der Waals surface area contributed by atoms with E-state index in [1.807, 2.05) is 0 Å². The Bertz CT molecular complexity index is 482. The fourth-order valence-electron chi connectivity index (χ4n) is 1.69. The van der Waals surface area contributed by atoms with Gasteiger partial charge in [-0.25, -0.2) is 8.78 Å². The highest BCUT2D eigenvalue weighted by molar-refractivity contribution is 5.63. The van der Waals surface area contributed by atoms with Gasteiger partial charge in [0.05, 0.1) is 4.92 Å². The fourth-order valence-corrected chi connectivity index (χ4v) is 1.69. The summed E-state index contributed by atoms with van der Waals surface area (Å²) < 4.78 is 26.9. The molecule has 1 aromatic carbocycles. The minimum Gasteiger partial charge on any atom is -0.396 e. The van der Waals surface area contributed by atoms with Gasteiger partial charge in [0.15, 0.2) is 17.3 Å². The van der Waals surface area contributed by atoms with Crippen LogP contribution in [0.5, 0.6) is 0 Å². The molecule has 1 atom stereocenters. The quantitative estimate of drug-likeness (QED) is 0.618. The number of aliphatic hydroxyl groups is 1.